The van der Waals surface area contributed by atoms with Gasteiger partial charge in [-0.15, -0.1) is 0 Å². The molecule has 1 aliphatic heterocycles. The molecule has 1 aromatic rings. The van der Waals surface area contributed by atoms with E-state index >= 15 is 0 Å². The number of amides is 2. The maximum Gasteiger partial charge on any atom is 0.339 e. The normalized spacial score (nSPS) is 18.7. The number of carbonyl (C=O) groups is 3. The molecule has 8 nitrogen and oxygen atoms in total. The van der Waals surface area contributed by atoms with Gasteiger partial charge in [-0.25, -0.2) is 14.8 Å². The van der Waals surface area contributed by atoms with Crippen molar-refractivity contribution in [3.63, 3.8) is 0 Å². The molecule has 0 radical (unpaired) electrons. The fourth-order valence-electron chi connectivity index (χ4n) is 1.93. The Morgan fingerprint density at radius 1 is 1.50 bits per heavy atom. The van der Waals surface area contributed by atoms with E-state index in [1.807, 2.05) is 0 Å². The number of carbonyl (C=O) groups excluding carboxylic acids is 2. The molecule has 1 saturated heterocycles. The van der Waals surface area contributed by atoms with Gasteiger partial charge in [0.25, 0.3) is 0 Å². The Kier molecular flexibility index (Phi) is 3.49. The number of imide groups is 1. The summed E-state index contributed by atoms with van der Waals surface area (Å²) in [6.45, 7) is 3.41. The molecule has 1 aromatic heterocycles. The summed E-state index contributed by atoms with van der Waals surface area (Å²) in [5.41, 5.74) is -0.695. The lowest BCUT2D eigenvalue weighted by molar-refractivity contribution is -0.145. The summed E-state index contributed by atoms with van der Waals surface area (Å²) in [5.74, 6) is -1.98. The maximum absolute atomic E-state index is 11.8. The van der Waals surface area contributed by atoms with Crippen LogP contribution in [-0.2, 0) is 16.1 Å². The van der Waals surface area contributed by atoms with E-state index in [-0.39, 0.29) is 24.3 Å². The molecule has 0 aromatic carbocycles. The molecular weight excluding hydrogens is 264 g/mol. The Labute approximate surface area is 114 Å². The number of piperazine rings is 1. The largest absolute Gasteiger partial charge is 0.478 e. The number of nitrogens with one attached hydrogen (secondary N) is 1. The van der Waals surface area contributed by atoms with Crippen LogP contribution in [0.2, 0.25) is 0 Å². The average Bonchev–Trinajstić information content (AvgIpc) is 2.36. The molecule has 2 rings (SSSR count). The third kappa shape index (κ3) is 2.50. The number of aromatic carboxylic acids is 1. The Balaban J connectivity index is 2.31. The first-order chi connectivity index (χ1) is 9.32. The monoisotopic (exact) mass is 278 g/mol. The second-order valence-corrected chi connectivity index (χ2v) is 4.98. The quantitative estimate of drug-likeness (QED) is 0.711. The predicted molar refractivity (Wildman–Crippen MR) is 66.6 cm³/mol. The van der Waals surface area contributed by atoms with Crippen molar-refractivity contribution < 1.29 is 19.5 Å². The summed E-state index contributed by atoms with van der Waals surface area (Å²) >= 11 is 0. The van der Waals surface area contributed by atoms with Crippen molar-refractivity contribution in [1.82, 2.24) is 20.2 Å². The van der Waals surface area contributed by atoms with E-state index in [4.69, 9.17) is 5.11 Å². The van der Waals surface area contributed by atoms with Crippen molar-refractivity contribution >= 4 is 17.8 Å². The fraction of sp³-hybridized carbons (Fsp3) is 0.417. The molecule has 8 heteroatoms. The van der Waals surface area contributed by atoms with Gasteiger partial charge in [0.1, 0.15) is 11.9 Å². The zero-order valence-corrected chi connectivity index (χ0v) is 11.1. The van der Waals surface area contributed by atoms with Crippen molar-refractivity contribution in [1.29, 1.82) is 0 Å². The van der Waals surface area contributed by atoms with Crippen LogP contribution in [0, 0.1) is 0 Å². The van der Waals surface area contributed by atoms with Gasteiger partial charge >= 0.3 is 5.97 Å². The van der Waals surface area contributed by atoms with Crippen LogP contribution in [0.15, 0.2) is 12.5 Å². The molecule has 1 aliphatic rings. The standard InChI is InChI=1S/C12H14N4O4/c1-12(2)11(20)15-9(17)5-16(12)4-8-7(10(18)19)3-13-6-14-8/h3,6H,4-5H2,1-2H3,(H,18,19)(H,15,17,20). The van der Waals surface area contributed by atoms with Crippen LogP contribution in [-0.4, -0.2) is 49.8 Å². The minimum Gasteiger partial charge on any atom is -0.478 e. The molecule has 0 unspecified atom stereocenters. The molecule has 0 spiro atoms. The minimum absolute atomic E-state index is 0.00179. The first-order valence-corrected chi connectivity index (χ1v) is 5.94. The van der Waals surface area contributed by atoms with Gasteiger partial charge < -0.3 is 5.11 Å². The van der Waals surface area contributed by atoms with Gasteiger partial charge in [-0.1, -0.05) is 0 Å². The summed E-state index contributed by atoms with van der Waals surface area (Å²) in [5, 5.41) is 11.3. The first-order valence-electron chi connectivity index (χ1n) is 5.94. The Morgan fingerprint density at radius 3 is 2.85 bits per heavy atom. The number of aromatic nitrogens is 2. The number of nitrogens with zero attached hydrogens (tertiary/aromatic N) is 3. The lowest BCUT2D eigenvalue weighted by atomic mass is 9.98. The maximum atomic E-state index is 11.8. The first kappa shape index (κ1) is 14.1. The molecule has 106 valence electrons. The molecular formula is C12H14N4O4. The fourth-order valence-corrected chi connectivity index (χ4v) is 1.93. The topological polar surface area (TPSA) is 112 Å². The van der Waals surface area contributed by atoms with Crippen LogP contribution < -0.4 is 5.32 Å². The third-order valence-corrected chi connectivity index (χ3v) is 3.30. The SMILES string of the molecule is CC1(C)C(=O)NC(=O)CN1Cc1ncncc1C(=O)O. The Morgan fingerprint density at radius 2 is 2.20 bits per heavy atom. The van der Waals surface area contributed by atoms with Crippen molar-refractivity contribution in [2.24, 2.45) is 0 Å². The number of hydrogen-bond acceptors (Lipinski definition) is 6. The van der Waals surface area contributed by atoms with Crippen LogP contribution in [0.25, 0.3) is 0 Å². The van der Waals surface area contributed by atoms with Crippen molar-refractivity contribution in [3.8, 4) is 0 Å². The highest BCUT2D eigenvalue weighted by molar-refractivity contribution is 6.02. The van der Waals surface area contributed by atoms with Gasteiger partial charge in [-0.3, -0.25) is 19.8 Å². The molecule has 20 heavy (non-hydrogen) atoms. The molecule has 1 fully saturated rings. The number of carboxylic acids is 1. The van der Waals surface area contributed by atoms with E-state index in [2.05, 4.69) is 15.3 Å². The van der Waals surface area contributed by atoms with E-state index in [0.29, 0.717) is 0 Å². The van der Waals surface area contributed by atoms with Crippen molar-refractivity contribution in [3.05, 3.63) is 23.8 Å². The van der Waals surface area contributed by atoms with Gasteiger partial charge in [0.05, 0.1) is 17.8 Å². The van der Waals surface area contributed by atoms with E-state index in [1.165, 1.54) is 12.5 Å². The van der Waals surface area contributed by atoms with E-state index in [1.54, 1.807) is 18.7 Å². The zero-order chi connectivity index (χ0) is 14.9. The summed E-state index contributed by atoms with van der Waals surface area (Å²) in [6.07, 6.45) is 2.43. The van der Waals surface area contributed by atoms with E-state index < -0.39 is 23.3 Å². The highest BCUT2D eigenvalue weighted by Gasteiger charge is 2.41. The number of rotatable bonds is 3. The van der Waals surface area contributed by atoms with Crippen LogP contribution >= 0.6 is 0 Å². The molecule has 2 heterocycles. The highest BCUT2D eigenvalue weighted by Crippen LogP contribution is 2.21. The second-order valence-electron chi connectivity index (χ2n) is 4.98. The molecule has 0 bridgehead atoms. The molecule has 0 aliphatic carbocycles. The van der Waals surface area contributed by atoms with Gasteiger partial charge in [0.2, 0.25) is 11.8 Å². The minimum atomic E-state index is -1.15. The predicted octanol–water partition coefficient (Wildman–Crippen LogP) is -0.588. The highest BCUT2D eigenvalue weighted by atomic mass is 16.4. The smallest absolute Gasteiger partial charge is 0.339 e. The molecule has 0 atom stereocenters. The Hall–Kier alpha value is -2.35. The number of hydrogen-bond donors (Lipinski definition) is 2. The molecule has 0 saturated carbocycles. The van der Waals surface area contributed by atoms with Crippen LogP contribution in [0.3, 0.4) is 0 Å². The lowest BCUT2D eigenvalue weighted by Gasteiger charge is -2.39. The van der Waals surface area contributed by atoms with Crippen LogP contribution in [0.5, 0.6) is 0 Å². The summed E-state index contributed by atoms with van der Waals surface area (Å²) < 4.78 is 0. The van der Waals surface area contributed by atoms with Crippen LogP contribution in [0.1, 0.15) is 29.9 Å². The Bertz CT molecular complexity index is 585. The zero-order valence-electron chi connectivity index (χ0n) is 11.1. The van der Waals surface area contributed by atoms with Crippen molar-refractivity contribution in [2.45, 2.75) is 25.9 Å². The summed E-state index contributed by atoms with van der Waals surface area (Å²) in [4.78, 5) is 43.6. The average molecular weight is 278 g/mol. The lowest BCUT2D eigenvalue weighted by Crippen LogP contribution is -2.63. The van der Waals surface area contributed by atoms with E-state index in [9.17, 15) is 14.4 Å². The van der Waals surface area contributed by atoms with E-state index in [0.717, 1.165) is 0 Å². The van der Waals surface area contributed by atoms with Gasteiger partial charge in [0.15, 0.2) is 0 Å². The molecule has 2 amide bonds. The van der Waals surface area contributed by atoms with Crippen LogP contribution in [0.4, 0.5) is 0 Å². The van der Waals surface area contributed by atoms with Crippen molar-refractivity contribution in [2.75, 3.05) is 6.54 Å². The number of carboxylic acid groups (broad SMARTS) is 1. The third-order valence-electron chi connectivity index (χ3n) is 3.30. The summed E-state index contributed by atoms with van der Waals surface area (Å²) in [7, 11) is 0. The summed E-state index contributed by atoms with van der Waals surface area (Å²) in [6, 6.07) is 0. The van der Waals surface area contributed by atoms with Gasteiger partial charge in [0, 0.05) is 12.7 Å². The molecule has 2 N–H and O–H groups in total. The van der Waals surface area contributed by atoms with Gasteiger partial charge in [-0.05, 0) is 13.8 Å². The van der Waals surface area contributed by atoms with Gasteiger partial charge in [-0.2, -0.15) is 0 Å². The second kappa shape index (κ2) is 4.97.